The molecule has 0 amide bonds. The van der Waals surface area contributed by atoms with E-state index in [4.69, 9.17) is 0 Å². The number of aromatic nitrogens is 1. The molecule has 0 saturated heterocycles. The van der Waals surface area contributed by atoms with Gasteiger partial charge < -0.3 is 0 Å². The first kappa shape index (κ1) is 6.35. The highest BCUT2D eigenvalue weighted by molar-refractivity contribution is 5.30. The van der Waals surface area contributed by atoms with E-state index in [0.717, 1.165) is 5.69 Å². The van der Waals surface area contributed by atoms with Gasteiger partial charge in [0, 0.05) is 12.1 Å². The van der Waals surface area contributed by atoms with Crippen LogP contribution in [0.3, 0.4) is 0 Å². The third-order valence-electron chi connectivity index (χ3n) is 1.78. The topological polar surface area (TPSA) is 12.9 Å². The van der Waals surface area contributed by atoms with Crippen molar-refractivity contribution in [2.75, 3.05) is 0 Å². The van der Waals surface area contributed by atoms with Crippen molar-refractivity contribution in [2.45, 2.75) is 5.92 Å². The number of nitrogens with zero attached hydrogens (tertiary/aromatic N) is 1. The summed E-state index contributed by atoms with van der Waals surface area (Å²) in [6.45, 7) is 0. The standard InChI is InChI=1S/C10H9N/c1-2-6-9(5-1)10-7-3-4-8-11-10/h1-9H. The van der Waals surface area contributed by atoms with Crippen LogP contribution in [-0.2, 0) is 0 Å². The molecule has 0 bridgehead atoms. The maximum atomic E-state index is 4.26. The van der Waals surface area contributed by atoms with Crippen molar-refractivity contribution < 1.29 is 0 Å². The molecule has 2 rings (SSSR count). The molecule has 0 N–H and O–H groups in total. The second kappa shape index (κ2) is 2.70. The molecule has 1 aromatic heterocycles. The summed E-state index contributed by atoms with van der Waals surface area (Å²) >= 11 is 0. The summed E-state index contributed by atoms with van der Waals surface area (Å²) in [6, 6.07) is 6.00. The van der Waals surface area contributed by atoms with Gasteiger partial charge in [0.15, 0.2) is 0 Å². The summed E-state index contributed by atoms with van der Waals surface area (Å²) in [4.78, 5) is 4.26. The smallest absolute Gasteiger partial charge is 0.0510 e. The predicted octanol–water partition coefficient (Wildman–Crippen LogP) is 2.29. The number of allylic oxidation sites excluding steroid dienone is 4. The van der Waals surface area contributed by atoms with Gasteiger partial charge in [0.1, 0.15) is 0 Å². The molecule has 1 heterocycles. The molecule has 1 nitrogen and oxygen atoms in total. The first-order valence-electron chi connectivity index (χ1n) is 3.73. The maximum absolute atomic E-state index is 4.26. The average Bonchev–Trinajstić information content (AvgIpc) is 2.58. The third kappa shape index (κ3) is 1.22. The first-order chi connectivity index (χ1) is 5.47. The van der Waals surface area contributed by atoms with Crippen molar-refractivity contribution >= 4 is 0 Å². The van der Waals surface area contributed by atoms with Crippen LogP contribution in [0.25, 0.3) is 0 Å². The van der Waals surface area contributed by atoms with Gasteiger partial charge in [-0.05, 0) is 12.1 Å². The fourth-order valence-corrected chi connectivity index (χ4v) is 1.20. The van der Waals surface area contributed by atoms with Gasteiger partial charge >= 0.3 is 0 Å². The Morgan fingerprint density at radius 2 is 1.91 bits per heavy atom. The Balaban J connectivity index is 2.30. The Morgan fingerprint density at radius 3 is 2.55 bits per heavy atom. The Bertz CT molecular complexity index is 273. The van der Waals surface area contributed by atoms with Crippen molar-refractivity contribution in [3.05, 3.63) is 54.4 Å². The summed E-state index contributed by atoms with van der Waals surface area (Å²) in [5.74, 6) is 0.399. The van der Waals surface area contributed by atoms with E-state index in [1.54, 1.807) is 0 Å². The van der Waals surface area contributed by atoms with Crippen molar-refractivity contribution in [2.24, 2.45) is 0 Å². The van der Waals surface area contributed by atoms with E-state index >= 15 is 0 Å². The lowest BCUT2D eigenvalue weighted by Gasteiger charge is -2.01. The van der Waals surface area contributed by atoms with Gasteiger partial charge in [-0.2, -0.15) is 0 Å². The Labute approximate surface area is 66.1 Å². The number of pyridine rings is 1. The van der Waals surface area contributed by atoms with Crippen LogP contribution in [0, 0.1) is 0 Å². The molecule has 1 heteroatoms. The van der Waals surface area contributed by atoms with Crippen LogP contribution in [0.1, 0.15) is 11.6 Å². The number of hydrogen-bond acceptors (Lipinski definition) is 1. The van der Waals surface area contributed by atoms with E-state index in [0.29, 0.717) is 5.92 Å². The summed E-state index contributed by atoms with van der Waals surface area (Å²) in [5, 5.41) is 0. The van der Waals surface area contributed by atoms with Gasteiger partial charge in [-0.25, -0.2) is 0 Å². The Morgan fingerprint density at radius 1 is 1.09 bits per heavy atom. The van der Waals surface area contributed by atoms with Crippen LogP contribution >= 0.6 is 0 Å². The average molecular weight is 143 g/mol. The third-order valence-corrected chi connectivity index (χ3v) is 1.78. The van der Waals surface area contributed by atoms with Gasteiger partial charge in [-0.1, -0.05) is 30.4 Å². The first-order valence-corrected chi connectivity index (χ1v) is 3.73. The maximum Gasteiger partial charge on any atom is 0.0510 e. The zero-order valence-corrected chi connectivity index (χ0v) is 6.14. The second-order valence-electron chi connectivity index (χ2n) is 2.55. The lowest BCUT2D eigenvalue weighted by atomic mass is 10.1. The van der Waals surface area contributed by atoms with E-state index < -0.39 is 0 Å². The fraction of sp³-hybridized carbons (Fsp3) is 0.100. The highest BCUT2D eigenvalue weighted by Gasteiger charge is 2.05. The van der Waals surface area contributed by atoms with Gasteiger partial charge in [0.05, 0.1) is 5.69 Å². The lowest BCUT2D eigenvalue weighted by molar-refractivity contribution is 1.01. The number of rotatable bonds is 1. The Kier molecular flexibility index (Phi) is 1.56. The highest BCUT2D eigenvalue weighted by Crippen LogP contribution is 2.19. The molecule has 54 valence electrons. The molecule has 0 spiro atoms. The summed E-state index contributed by atoms with van der Waals surface area (Å²) in [7, 11) is 0. The zero-order valence-electron chi connectivity index (χ0n) is 6.14. The quantitative estimate of drug-likeness (QED) is 0.587. The van der Waals surface area contributed by atoms with Gasteiger partial charge in [-0.3, -0.25) is 4.98 Å². The molecule has 0 aromatic carbocycles. The predicted molar refractivity (Wildman–Crippen MR) is 45.3 cm³/mol. The van der Waals surface area contributed by atoms with Crippen LogP contribution < -0.4 is 0 Å². The van der Waals surface area contributed by atoms with Crippen LogP contribution in [0.15, 0.2) is 48.7 Å². The van der Waals surface area contributed by atoms with Gasteiger partial charge in [0.25, 0.3) is 0 Å². The van der Waals surface area contributed by atoms with Crippen molar-refractivity contribution in [3.63, 3.8) is 0 Å². The van der Waals surface area contributed by atoms with Crippen LogP contribution in [-0.4, -0.2) is 4.98 Å². The molecule has 0 aliphatic heterocycles. The molecule has 0 radical (unpaired) electrons. The largest absolute Gasteiger partial charge is 0.260 e. The van der Waals surface area contributed by atoms with E-state index in [1.165, 1.54) is 0 Å². The zero-order chi connectivity index (χ0) is 7.52. The molecule has 0 unspecified atom stereocenters. The normalized spacial score (nSPS) is 16.0. The SMILES string of the molecule is C1=CC(c2ccccn2)C=C1. The molecule has 0 atom stereocenters. The van der Waals surface area contributed by atoms with E-state index in [9.17, 15) is 0 Å². The molecule has 0 fully saturated rings. The molecular weight excluding hydrogens is 134 g/mol. The van der Waals surface area contributed by atoms with Crippen molar-refractivity contribution in [3.8, 4) is 0 Å². The summed E-state index contributed by atoms with van der Waals surface area (Å²) in [5.41, 5.74) is 1.12. The summed E-state index contributed by atoms with van der Waals surface area (Å²) < 4.78 is 0. The highest BCUT2D eigenvalue weighted by atomic mass is 14.7. The number of hydrogen-bond donors (Lipinski definition) is 0. The molecule has 1 aromatic rings. The van der Waals surface area contributed by atoms with Crippen LogP contribution in [0.5, 0.6) is 0 Å². The molecule has 1 aliphatic rings. The lowest BCUT2D eigenvalue weighted by Crippen LogP contribution is -1.91. The van der Waals surface area contributed by atoms with Crippen molar-refractivity contribution in [1.29, 1.82) is 0 Å². The molecular formula is C10H9N. The molecule has 11 heavy (non-hydrogen) atoms. The van der Waals surface area contributed by atoms with Crippen molar-refractivity contribution in [1.82, 2.24) is 4.98 Å². The van der Waals surface area contributed by atoms with Crippen LogP contribution in [0.2, 0.25) is 0 Å². The van der Waals surface area contributed by atoms with E-state index in [-0.39, 0.29) is 0 Å². The summed E-state index contributed by atoms with van der Waals surface area (Å²) in [6.07, 6.45) is 10.2. The van der Waals surface area contributed by atoms with E-state index in [2.05, 4.69) is 29.3 Å². The van der Waals surface area contributed by atoms with Gasteiger partial charge in [-0.15, -0.1) is 0 Å². The fourth-order valence-electron chi connectivity index (χ4n) is 1.20. The van der Waals surface area contributed by atoms with Crippen LogP contribution in [0.4, 0.5) is 0 Å². The minimum absolute atomic E-state index is 0.399. The second-order valence-corrected chi connectivity index (χ2v) is 2.55. The molecule has 0 saturated carbocycles. The minimum atomic E-state index is 0.399. The Hall–Kier alpha value is -1.37. The molecule has 1 aliphatic carbocycles. The minimum Gasteiger partial charge on any atom is -0.260 e. The monoisotopic (exact) mass is 143 g/mol. The van der Waals surface area contributed by atoms with E-state index in [1.807, 2.05) is 24.4 Å². The van der Waals surface area contributed by atoms with Gasteiger partial charge in [0.2, 0.25) is 0 Å².